The zero-order valence-electron chi connectivity index (χ0n) is 10.2. The Kier molecular flexibility index (Phi) is 2.93. The van der Waals surface area contributed by atoms with Crippen molar-refractivity contribution in [3.05, 3.63) is 30.0 Å². The zero-order valence-corrected chi connectivity index (χ0v) is 10.2. The molecule has 1 heterocycles. The van der Waals surface area contributed by atoms with Gasteiger partial charge in [0.2, 0.25) is 5.76 Å². The molecule has 2 aromatic rings. The summed E-state index contributed by atoms with van der Waals surface area (Å²) in [4.78, 5) is 0. The molecule has 0 N–H and O–H groups in total. The fourth-order valence-corrected chi connectivity index (χ4v) is 2.62. The number of hydrogen-bond acceptors (Lipinski definition) is 3. The van der Waals surface area contributed by atoms with Crippen molar-refractivity contribution in [3.8, 4) is 11.8 Å². The first-order chi connectivity index (χ1) is 8.88. The van der Waals surface area contributed by atoms with Crippen LogP contribution < -0.4 is 4.74 Å². The van der Waals surface area contributed by atoms with E-state index in [0.29, 0.717) is 18.3 Å². The monoisotopic (exact) mass is 241 g/mol. The predicted octanol–water partition coefficient (Wildman–Crippen LogP) is 3.87. The summed E-state index contributed by atoms with van der Waals surface area (Å²) in [6, 6.07) is 9.69. The van der Waals surface area contributed by atoms with Crippen LogP contribution >= 0.6 is 0 Å². The second kappa shape index (κ2) is 4.73. The minimum Gasteiger partial charge on any atom is -0.488 e. The van der Waals surface area contributed by atoms with Crippen LogP contribution in [0.1, 0.15) is 31.4 Å². The van der Waals surface area contributed by atoms with Crippen molar-refractivity contribution >= 4 is 11.0 Å². The summed E-state index contributed by atoms with van der Waals surface area (Å²) >= 11 is 0. The van der Waals surface area contributed by atoms with Crippen LogP contribution in [0.2, 0.25) is 0 Å². The van der Waals surface area contributed by atoms with Crippen LogP contribution in [0, 0.1) is 17.2 Å². The molecule has 1 aromatic carbocycles. The number of hydrogen-bond donors (Lipinski definition) is 0. The molecule has 0 saturated heterocycles. The van der Waals surface area contributed by atoms with E-state index >= 15 is 0 Å². The van der Waals surface area contributed by atoms with Crippen molar-refractivity contribution in [2.24, 2.45) is 5.92 Å². The van der Waals surface area contributed by atoms with E-state index in [1.54, 1.807) is 0 Å². The molecule has 3 rings (SSSR count). The number of benzene rings is 1. The van der Waals surface area contributed by atoms with E-state index in [-0.39, 0.29) is 5.76 Å². The Morgan fingerprint density at radius 2 is 2.06 bits per heavy atom. The van der Waals surface area contributed by atoms with Gasteiger partial charge in [-0.3, -0.25) is 0 Å². The van der Waals surface area contributed by atoms with Crippen molar-refractivity contribution in [1.82, 2.24) is 0 Å². The fraction of sp³-hybridized carbons (Fsp3) is 0.400. The fourth-order valence-electron chi connectivity index (χ4n) is 2.62. The maximum Gasteiger partial charge on any atom is 0.246 e. The van der Waals surface area contributed by atoms with Gasteiger partial charge in [-0.25, -0.2) is 0 Å². The average Bonchev–Trinajstić information content (AvgIpc) is 3.03. The number of nitriles is 1. The maximum absolute atomic E-state index is 9.09. The summed E-state index contributed by atoms with van der Waals surface area (Å²) in [5, 5.41) is 9.98. The Morgan fingerprint density at radius 1 is 1.28 bits per heavy atom. The van der Waals surface area contributed by atoms with Gasteiger partial charge in [0.25, 0.3) is 0 Å². The molecule has 1 aliphatic rings. The highest BCUT2D eigenvalue weighted by atomic mass is 16.5. The van der Waals surface area contributed by atoms with E-state index in [1.807, 2.05) is 24.3 Å². The van der Waals surface area contributed by atoms with Gasteiger partial charge in [-0.1, -0.05) is 25.0 Å². The number of para-hydroxylation sites is 1. The highest BCUT2D eigenvalue weighted by Gasteiger charge is 2.19. The first-order valence-electron chi connectivity index (χ1n) is 6.43. The van der Waals surface area contributed by atoms with Crippen LogP contribution in [-0.2, 0) is 0 Å². The average molecular weight is 241 g/mol. The van der Waals surface area contributed by atoms with Crippen LogP contribution in [0.15, 0.2) is 28.7 Å². The van der Waals surface area contributed by atoms with E-state index in [4.69, 9.17) is 14.4 Å². The van der Waals surface area contributed by atoms with Gasteiger partial charge < -0.3 is 9.15 Å². The Morgan fingerprint density at radius 3 is 2.83 bits per heavy atom. The van der Waals surface area contributed by atoms with Gasteiger partial charge in [-0.05, 0) is 30.9 Å². The highest BCUT2D eigenvalue weighted by Crippen LogP contribution is 2.34. The summed E-state index contributed by atoms with van der Waals surface area (Å²) in [6.45, 7) is 0.693. The van der Waals surface area contributed by atoms with Crippen molar-refractivity contribution in [1.29, 1.82) is 5.26 Å². The lowest BCUT2D eigenvalue weighted by atomic mass is 10.1. The number of furan rings is 1. The largest absolute Gasteiger partial charge is 0.488 e. The second-order valence-electron chi connectivity index (χ2n) is 4.83. The zero-order chi connectivity index (χ0) is 12.4. The van der Waals surface area contributed by atoms with Gasteiger partial charge >= 0.3 is 0 Å². The molecule has 3 nitrogen and oxygen atoms in total. The Labute approximate surface area is 106 Å². The maximum atomic E-state index is 9.09. The molecule has 0 amide bonds. The molecule has 1 aromatic heterocycles. The molecule has 1 aliphatic carbocycles. The Hall–Kier alpha value is -1.95. The third-order valence-electron chi connectivity index (χ3n) is 3.59. The number of fused-ring (bicyclic) bond motifs is 1. The molecule has 92 valence electrons. The van der Waals surface area contributed by atoms with Crippen LogP contribution in [0.25, 0.3) is 11.0 Å². The molecule has 18 heavy (non-hydrogen) atoms. The molecule has 1 saturated carbocycles. The van der Waals surface area contributed by atoms with E-state index in [9.17, 15) is 0 Å². The smallest absolute Gasteiger partial charge is 0.246 e. The van der Waals surface area contributed by atoms with Gasteiger partial charge in [0.15, 0.2) is 5.75 Å². The molecule has 0 unspecified atom stereocenters. The van der Waals surface area contributed by atoms with Gasteiger partial charge in [-0.15, -0.1) is 0 Å². The van der Waals surface area contributed by atoms with E-state index < -0.39 is 0 Å². The molecule has 1 fully saturated rings. The third kappa shape index (κ3) is 1.95. The minimum absolute atomic E-state index is 0.286. The SMILES string of the molecule is N#Cc1oc2ccccc2c1OCC1CCCC1. The summed E-state index contributed by atoms with van der Waals surface area (Å²) in [7, 11) is 0. The van der Waals surface area contributed by atoms with Crippen LogP contribution in [0.3, 0.4) is 0 Å². The van der Waals surface area contributed by atoms with Crippen LogP contribution in [0.5, 0.6) is 5.75 Å². The first kappa shape index (κ1) is 11.2. The number of ether oxygens (including phenoxy) is 1. The third-order valence-corrected chi connectivity index (χ3v) is 3.59. The van der Waals surface area contributed by atoms with Gasteiger partial charge in [0.1, 0.15) is 11.7 Å². The summed E-state index contributed by atoms with van der Waals surface area (Å²) < 4.78 is 11.3. The number of rotatable bonds is 3. The van der Waals surface area contributed by atoms with Crippen molar-refractivity contribution in [2.75, 3.05) is 6.61 Å². The lowest BCUT2D eigenvalue weighted by Crippen LogP contribution is -2.08. The molecule has 0 atom stereocenters. The topological polar surface area (TPSA) is 46.2 Å². The Bertz CT molecular complexity index is 588. The van der Waals surface area contributed by atoms with Gasteiger partial charge in [-0.2, -0.15) is 5.26 Å². The lowest BCUT2D eigenvalue weighted by Gasteiger charge is -2.10. The predicted molar refractivity (Wildman–Crippen MR) is 68.4 cm³/mol. The van der Waals surface area contributed by atoms with E-state index in [2.05, 4.69) is 6.07 Å². The van der Waals surface area contributed by atoms with Crippen molar-refractivity contribution in [3.63, 3.8) is 0 Å². The lowest BCUT2D eigenvalue weighted by molar-refractivity contribution is 0.251. The first-order valence-corrected chi connectivity index (χ1v) is 6.43. The molecule has 0 spiro atoms. The molecular formula is C15H15NO2. The van der Waals surface area contributed by atoms with E-state index in [0.717, 1.165) is 11.0 Å². The number of nitrogens with zero attached hydrogens (tertiary/aromatic N) is 1. The molecule has 0 radical (unpaired) electrons. The Balaban J connectivity index is 1.87. The molecule has 0 aliphatic heterocycles. The van der Waals surface area contributed by atoms with Crippen molar-refractivity contribution < 1.29 is 9.15 Å². The molecule has 3 heteroatoms. The standard InChI is InChI=1S/C15H15NO2/c16-9-14-15(17-10-11-5-1-2-6-11)12-7-3-4-8-13(12)18-14/h3-4,7-8,11H,1-2,5-6,10H2. The van der Waals surface area contributed by atoms with E-state index in [1.165, 1.54) is 25.7 Å². The van der Waals surface area contributed by atoms with Crippen LogP contribution in [-0.4, -0.2) is 6.61 Å². The minimum atomic E-state index is 0.286. The summed E-state index contributed by atoms with van der Waals surface area (Å²) in [5.41, 5.74) is 0.718. The second-order valence-corrected chi connectivity index (χ2v) is 4.83. The normalized spacial score (nSPS) is 15.9. The summed E-state index contributed by atoms with van der Waals surface area (Å²) in [5.74, 6) is 1.53. The summed E-state index contributed by atoms with van der Waals surface area (Å²) in [6.07, 6.45) is 5.06. The van der Waals surface area contributed by atoms with Crippen LogP contribution in [0.4, 0.5) is 0 Å². The molecular weight excluding hydrogens is 226 g/mol. The quantitative estimate of drug-likeness (QED) is 0.819. The molecule has 0 bridgehead atoms. The highest BCUT2D eigenvalue weighted by molar-refractivity contribution is 5.86. The van der Waals surface area contributed by atoms with Gasteiger partial charge in [0.05, 0.1) is 12.0 Å². The van der Waals surface area contributed by atoms with Crippen molar-refractivity contribution in [2.45, 2.75) is 25.7 Å². The van der Waals surface area contributed by atoms with Gasteiger partial charge in [0, 0.05) is 0 Å².